The van der Waals surface area contributed by atoms with E-state index in [1.165, 1.54) is 4.90 Å². The number of hydrogen-bond acceptors (Lipinski definition) is 2. The first-order valence-electron chi connectivity index (χ1n) is 4.77. The lowest BCUT2D eigenvalue weighted by atomic mass is 10.2. The number of benzene rings is 1. The number of hydrogen-bond donors (Lipinski definition) is 0. The second kappa shape index (κ2) is 4.63. The van der Waals surface area contributed by atoms with Gasteiger partial charge in [-0.3, -0.25) is 0 Å². The highest BCUT2D eigenvalue weighted by atomic mass is 79.9. The number of halogens is 4. The highest BCUT2D eigenvalue weighted by Crippen LogP contribution is 2.30. The number of morpholine rings is 1. The lowest BCUT2D eigenvalue weighted by Gasteiger charge is -2.29. The van der Waals surface area contributed by atoms with Crippen LogP contribution >= 0.6 is 15.9 Å². The Morgan fingerprint density at radius 3 is 2.38 bits per heavy atom. The Morgan fingerprint density at radius 2 is 1.75 bits per heavy atom. The Balaban J connectivity index is 2.42. The normalized spacial score (nSPS) is 16.6. The second-order valence-electron chi connectivity index (χ2n) is 3.42. The monoisotopic (exact) mass is 295 g/mol. The van der Waals surface area contributed by atoms with Crippen molar-refractivity contribution in [2.45, 2.75) is 0 Å². The van der Waals surface area contributed by atoms with Crippen LogP contribution in [0.3, 0.4) is 0 Å². The highest BCUT2D eigenvalue weighted by Gasteiger charge is 2.23. The summed E-state index contributed by atoms with van der Waals surface area (Å²) in [4.78, 5) is 1.45. The highest BCUT2D eigenvalue weighted by molar-refractivity contribution is 9.10. The Kier molecular flexibility index (Phi) is 3.39. The van der Waals surface area contributed by atoms with Crippen molar-refractivity contribution >= 4 is 21.6 Å². The van der Waals surface area contributed by atoms with E-state index in [9.17, 15) is 13.2 Å². The summed E-state index contributed by atoms with van der Waals surface area (Å²) in [6.45, 7) is 1.48. The van der Waals surface area contributed by atoms with Gasteiger partial charge in [-0.25, -0.2) is 13.2 Å². The third-order valence-electron chi connectivity index (χ3n) is 2.42. The molecule has 1 fully saturated rings. The fourth-order valence-electron chi connectivity index (χ4n) is 1.63. The molecule has 0 bridgehead atoms. The molecule has 0 aromatic heterocycles. The van der Waals surface area contributed by atoms with Gasteiger partial charge in [0, 0.05) is 13.1 Å². The molecule has 1 aromatic carbocycles. The minimum atomic E-state index is -1.16. The van der Waals surface area contributed by atoms with Gasteiger partial charge in [-0.2, -0.15) is 0 Å². The number of rotatable bonds is 1. The molecule has 6 heteroatoms. The van der Waals surface area contributed by atoms with Crippen molar-refractivity contribution < 1.29 is 17.9 Å². The van der Waals surface area contributed by atoms with Crippen LogP contribution in [0, 0.1) is 17.5 Å². The van der Waals surface area contributed by atoms with Crippen LogP contribution in [0.15, 0.2) is 10.5 Å². The summed E-state index contributed by atoms with van der Waals surface area (Å²) in [6.07, 6.45) is 0. The third kappa shape index (κ3) is 2.04. The van der Waals surface area contributed by atoms with E-state index in [2.05, 4.69) is 15.9 Å². The van der Waals surface area contributed by atoms with Gasteiger partial charge in [0.05, 0.1) is 17.7 Å². The van der Waals surface area contributed by atoms with Gasteiger partial charge in [-0.15, -0.1) is 0 Å². The Morgan fingerprint density at radius 1 is 1.12 bits per heavy atom. The van der Waals surface area contributed by atoms with Gasteiger partial charge in [0.1, 0.15) is 5.69 Å². The number of nitrogens with zero attached hydrogens (tertiary/aromatic N) is 1. The van der Waals surface area contributed by atoms with Crippen LogP contribution in [-0.4, -0.2) is 26.3 Å². The van der Waals surface area contributed by atoms with E-state index in [0.29, 0.717) is 26.3 Å². The zero-order valence-electron chi connectivity index (χ0n) is 8.27. The van der Waals surface area contributed by atoms with Gasteiger partial charge in [0.15, 0.2) is 17.5 Å². The molecule has 1 aromatic rings. The molecule has 0 radical (unpaired) electrons. The van der Waals surface area contributed by atoms with E-state index in [1.54, 1.807) is 0 Å². The van der Waals surface area contributed by atoms with E-state index in [-0.39, 0.29) is 10.2 Å². The van der Waals surface area contributed by atoms with Crippen LogP contribution in [0.5, 0.6) is 0 Å². The SMILES string of the molecule is Fc1cc(Br)c(F)c(F)c1N1CCOCC1. The van der Waals surface area contributed by atoms with Gasteiger partial charge >= 0.3 is 0 Å². The summed E-state index contributed by atoms with van der Waals surface area (Å²) in [7, 11) is 0. The van der Waals surface area contributed by atoms with Crippen molar-refractivity contribution in [3.05, 3.63) is 28.0 Å². The molecule has 1 heterocycles. The quantitative estimate of drug-likeness (QED) is 0.583. The molecular weight excluding hydrogens is 287 g/mol. The van der Waals surface area contributed by atoms with Crippen molar-refractivity contribution in [2.24, 2.45) is 0 Å². The maximum absolute atomic E-state index is 13.6. The van der Waals surface area contributed by atoms with Crippen LogP contribution < -0.4 is 4.90 Å². The maximum Gasteiger partial charge on any atom is 0.186 e. The predicted octanol–water partition coefficient (Wildman–Crippen LogP) is 2.70. The van der Waals surface area contributed by atoms with Gasteiger partial charge in [0.25, 0.3) is 0 Å². The summed E-state index contributed by atoms with van der Waals surface area (Å²) in [5.41, 5.74) is -0.316. The average Bonchev–Trinajstić information content (AvgIpc) is 2.28. The molecule has 0 spiro atoms. The Labute approximate surface area is 99.1 Å². The average molecular weight is 296 g/mol. The Bertz CT molecular complexity index is 408. The third-order valence-corrected chi connectivity index (χ3v) is 2.99. The molecule has 2 nitrogen and oxygen atoms in total. The molecule has 88 valence electrons. The maximum atomic E-state index is 13.6. The van der Waals surface area contributed by atoms with E-state index in [0.717, 1.165) is 6.07 Å². The fraction of sp³-hybridized carbons (Fsp3) is 0.400. The standard InChI is InChI=1S/C10H9BrF3NO/c11-6-5-7(12)10(9(14)8(6)13)15-1-3-16-4-2-15/h5H,1-4H2. The summed E-state index contributed by atoms with van der Waals surface area (Å²) in [5.74, 6) is -3.00. The molecule has 1 saturated heterocycles. The minimum Gasteiger partial charge on any atom is -0.378 e. The zero-order valence-corrected chi connectivity index (χ0v) is 9.86. The first-order chi connectivity index (χ1) is 7.61. The van der Waals surface area contributed by atoms with E-state index < -0.39 is 17.5 Å². The molecule has 1 aliphatic rings. The van der Waals surface area contributed by atoms with Gasteiger partial charge < -0.3 is 9.64 Å². The molecule has 0 atom stereocenters. The molecule has 0 unspecified atom stereocenters. The second-order valence-corrected chi connectivity index (χ2v) is 4.27. The topological polar surface area (TPSA) is 12.5 Å². The van der Waals surface area contributed by atoms with Crippen molar-refractivity contribution in [3.63, 3.8) is 0 Å². The smallest absolute Gasteiger partial charge is 0.186 e. The zero-order chi connectivity index (χ0) is 11.7. The van der Waals surface area contributed by atoms with Crippen LogP contribution in [0.4, 0.5) is 18.9 Å². The van der Waals surface area contributed by atoms with Crippen LogP contribution in [0.25, 0.3) is 0 Å². The molecule has 16 heavy (non-hydrogen) atoms. The number of anilines is 1. The van der Waals surface area contributed by atoms with E-state index in [4.69, 9.17) is 4.74 Å². The Hall–Kier alpha value is -0.750. The van der Waals surface area contributed by atoms with Crippen LogP contribution in [-0.2, 0) is 4.74 Å². The summed E-state index contributed by atoms with van der Waals surface area (Å²) in [6, 6.07) is 0.934. The van der Waals surface area contributed by atoms with E-state index >= 15 is 0 Å². The van der Waals surface area contributed by atoms with Crippen LogP contribution in [0.2, 0.25) is 0 Å². The van der Waals surface area contributed by atoms with E-state index in [1.807, 2.05) is 0 Å². The minimum absolute atomic E-state index is 0.209. The molecule has 1 aliphatic heterocycles. The number of ether oxygens (including phenoxy) is 1. The van der Waals surface area contributed by atoms with Gasteiger partial charge in [-0.1, -0.05) is 0 Å². The largest absolute Gasteiger partial charge is 0.378 e. The lowest BCUT2D eigenvalue weighted by molar-refractivity contribution is 0.122. The summed E-state index contributed by atoms with van der Waals surface area (Å²) in [5, 5.41) is 0. The van der Waals surface area contributed by atoms with Crippen molar-refractivity contribution in [3.8, 4) is 0 Å². The molecule has 0 aliphatic carbocycles. The van der Waals surface area contributed by atoms with Gasteiger partial charge in [-0.05, 0) is 22.0 Å². The van der Waals surface area contributed by atoms with Crippen molar-refractivity contribution in [2.75, 3.05) is 31.2 Å². The molecule has 0 N–H and O–H groups in total. The lowest BCUT2D eigenvalue weighted by Crippen LogP contribution is -2.37. The molecule has 0 saturated carbocycles. The summed E-state index contributed by atoms with van der Waals surface area (Å²) < 4.78 is 45.3. The van der Waals surface area contributed by atoms with Crippen molar-refractivity contribution in [1.29, 1.82) is 0 Å². The van der Waals surface area contributed by atoms with Gasteiger partial charge in [0.2, 0.25) is 0 Å². The van der Waals surface area contributed by atoms with Crippen molar-refractivity contribution in [1.82, 2.24) is 0 Å². The fourth-order valence-corrected chi connectivity index (χ4v) is 2.01. The first kappa shape index (κ1) is 11.7. The first-order valence-corrected chi connectivity index (χ1v) is 5.56. The van der Waals surface area contributed by atoms with Crippen LogP contribution in [0.1, 0.15) is 0 Å². The predicted molar refractivity (Wildman–Crippen MR) is 57.0 cm³/mol. The molecule has 2 rings (SSSR count). The molecule has 0 amide bonds. The molecular formula is C10H9BrF3NO. The summed E-state index contributed by atoms with van der Waals surface area (Å²) >= 11 is 2.76.